The van der Waals surface area contributed by atoms with Gasteiger partial charge in [-0.05, 0) is 34.6 Å². The maximum atomic E-state index is 11.8. The molecule has 0 saturated carbocycles. The van der Waals surface area contributed by atoms with Crippen LogP contribution < -0.4 is 10.6 Å². The summed E-state index contributed by atoms with van der Waals surface area (Å²) in [5.41, 5.74) is -0.290. The van der Waals surface area contributed by atoms with E-state index < -0.39 is 0 Å². The van der Waals surface area contributed by atoms with Crippen LogP contribution in [0.25, 0.3) is 0 Å². The molecular formula is C12H21N3OS. The van der Waals surface area contributed by atoms with Crippen LogP contribution in [-0.2, 0) is 10.3 Å². The Kier molecular flexibility index (Phi) is 4.65. The van der Waals surface area contributed by atoms with Crippen LogP contribution in [0, 0.1) is 0 Å². The Morgan fingerprint density at radius 2 is 2.06 bits per heavy atom. The molecule has 0 aliphatic heterocycles. The number of carbonyl (C=O) groups is 1. The van der Waals surface area contributed by atoms with Gasteiger partial charge in [-0.15, -0.1) is 11.3 Å². The second-order valence-corrected chi connectivity index (χ2v) is 5.89. The first kappa shape index (κ1) is 14.1. The lowest BCUT2D eigenvalue weighted by molar-refractivity contribution is -0.123. The number of nitrogens with zero attached hydrogens (tertiary/aromatic N) is 1. The van der Waals surface area contributed by atoms with Gasteiger partial charge in [0.05, 0.1) is 11.6 Å². The van der Waals surface area contributed by atoms with E-state index in [4.69, 9.17) is 0 Å². The van der Waals surface area contributed by atoms with Crippen molar-refractivity contribution < 1.29 is 4.79 Å². The molecule has 0 saturated heterocycles. The highest BCUT2D eigenvalue weighted by molar-refractivity contribution is 7.09. The maximum absolute atomic E-state index is 11.8. The van der Waals surface area contributed by atoms with Gasteiger partial charge in [0.1, 0.15) is 5.01 Å². The Labute approximate surface area is 107 Å². The van der Waals surface area contributed by atoms with Gasteiger partial charge >= 0.3 is 0 Å². The lowest BCUT2D eigenvalue weighted by atomic mass is 10.1. The average molecular weight is 255 g/mol. The van der Waals surface area contributed by atoms with E-state index in [0.717, 1.165) is 5.01 Å². The number of nitrogens with one attached hydrogen (secondary N) is 2. The molecule has 0 aliphatic rings. The van der Waals surface area contributed by atoms with Gasteiger partial charge in [0, 0.05) is 17.6 Å². The lowest BCUT2D eigenvalue weighted by Gasteiger charge is -2.28. The molecule has 96 valence electrons. The number of thiazole rings is 1. The molecule has 1 atom stereocenters. The van der Waals surface area contributed by atoms with Crippen molar-refractivity contribution in [3.8, 4) is 0 Å². The molecule has 1 unspecified atom stereocenters. The second-order valence-electron chi connectivity index (χ2n) is 4.99. The summed E-state index contributed by atoms with van der Waals surface area (Å²) in [5, 5.41) is 9.12. The Balaban J connectivity index is 2.62. The van der Waals surface area contributed by atoms with Crippen LogP contribution in [0.15, 0.2) is 11.6 Å². The molecule has 0 aliphatic carbocycles. The first-order valence-corrected chi connectivity index (χ1v) is 6.69. The molecule has 17 heavy (non-hydrogen) atoms. The largest absolute Gasteiger partial charge is 0.353 e. The van der Waals surface area contributed by atoms with Crippen LogP contribution >= 0.6 is 11.3 Å². The molecule has 0 aromatic carbocycles. The Morgan fingerprint density at radius 3 is 2.53 bits per heavy atom. The summed E-state index contributed by atoms with van der Waals surface area (Å²) in [6.07, 6.45) is 1.78. The SMILES string of the molecule is CC(C)NC(=O)C(C)NC(C)(C)c1nccs1. The highest BCUT2D eigenvalue weighted by Crippen LogP contribution is 2.22. The van der Waals surface area contributed by atoms with Gasteiger partial charge in [-0.3, -0.25) is 10.1 Å². The van der Waals surface area contributed by atoms with Crippen molar-refractivity contribution in [2.45, 2.75) is 52.2 Å². The topological polar surface area (TPSA) is 54.0 Å². The fourth-order valence-corrected chi connectivity index (χ4v) is 2.34. The molecule has 1 amide bonds. The minimum absolute atomic E-state index is 0.0182. The minimum atomic E-state index is -0.290. The van der Waals surface area contributed by atoms with E-state index in [2.05, 4.69) is 15.6 Å². The van der Waals surface area contributed by atoms with Gasteiger partial charge in [-0.1, -0.05) is 0 Å². The third-order valence-corrected chi connectivity index (χ3v) is 3.47. The van der Waals surface area contributed by atoms with E-state index in [1.54, 1.807) is 17.5 Å². The van der Waals surface area contributed by atoms with E-state index in [0.29, 0.717) is 0 Å². The smallest absolute Gasteiger partial charge is 0.237 e. The Hall–Kier alpha value is -0.940. The van der Waals surface area contributed by atoms with Crippen molar-refractivity contribution >= 4 is 17.2 Å². The number of carbonyl (C=O) groups excluding carboxylic acids is 1. The molecule has 1 aromatic rings. The molecule has 0 fully saturated rings. The Bertz CT molecular complexity index is 360. The predicted molar refractivity (Wildman–Crippen MR) is 71.0 cm³/mol. The van der Waals surface area contributed by atoms with Gasteiger partial charge in [-0.2, -0.15) is 0 Å². The summed E-state index contributed by atoms with van der Waals surface area (Å²) in [6, 6.07) is -0.0778. The van der Waals surface area contributed by atoms with Crippen LogP contribution in [0.4, 0.5) is 0 Å². The molecule has 0 spiro atoms. The van der Waals surface area contributed by atoms with Gasteiger partial charge in [-0.25, -0.2) is 4.98 Å². The van der Waals surface area contributed by atoms with E-state index in [9.17, 15) is 4.79 Å². The summed E-state index contributed by atoms with van der Waals surface area (Å²) >= 11 is 1.59. The number of rotatable bonds is 5. The van der Waals surface area contributed by atoms with Crippen molar-refractivity contribution in [3.63, 3.8) is 0 Å². The standard InChI is InChI=1S/C12H21N3OS/c1-8(2)14-10(16)9(3)15-12(4,5)11-13-6-7-17-11/h6-9,15H,1-5H3,(H,14,16). The maximum Gasteiger partial charge on any atom is 0.237 e. The van der Waals surface area contributed by atoms with E-state index in [1.807, 2.05) is 40.0 Å². The van der Waals surface area contributed by atoms with Crippen molar-refractivity contribution in [1.82, 2.24) is 15.6 Å². The summed E-state index contributed by atoms with van der Waals surface area (Å²) < 4.78 is 0. The summed E-state index contributed by atoms with van der Waals surface area (Å²) in [7, 11) is 0. The monoisotopic (exact) mass is 255 g/mol. The molecule has 1 heterocycles. The third kappa shape index (κ3) is 4.09. The molecule has 2 N–H and O–H groups in total. The number of amides is 1. The van der Waals surface area contributed by atoms with Gasteiger partial charge in [0.2, 0.25) is 5.91 Å². The van der Waals surface area contributed by atoms with E-state index in [1.165, 1.54) is 0 Å². The van der Waals surface area contributed by atoms with Crippen LogP contribution in [-0.4, -0.2) is 23.0 Å². The van der Waals surface area contributed by atoms with Gasteiger partial charge in [0.15, 0.2) is 0 Å². The average Bonchev–Trinajstić information content (AvgIpc) is 2.68. The molecule has 1 aromatic heterocycles. The molecular weight excluding hydrogens is 234 g/mol. The zero-order valence-electron chi connectivity index (χ0n) is 11.1. The van der Waals surface area contributed by atoms with Crippen LogP contribution in [0.3, 0.4) is 0 Å². The van der Waals surface area contributed by atoms with Crippen LogP contribution in [0.2, 0.25) is 0 Å². The molecule has 4 nitrogen and oxygen atoms in total. The van der Waals surface area contributed by atoms with Crippen molar-refractivity contribution in [3.05, 3.63) is 16.6 Å². The summed E-state index contributed by atoms with van der Waals surface area (Å²) in [4.78, 5) is 16.1. The van der Waals surface area contributed by atoms with Crippen LogP contribution in [0.5, 0.6) is 0 Å². The first-order chi connectivity index (χ1) is 7.83. The van der Waals surface area contributed by atoms with Crippen molar-refractivity contribution in [2.24, 2.45) is 0 Å². The van der Waals surface area contributed by atoms with E-state index >= 15 is 0 Å². The molecule has 1 rings (SSSR count). The fourth-order valence-electron chi connectivity index (χ4n) is 1.61. The minimum Gasteiger partial charge on any atom is -0.353 e. The number of hydrogen-bond donors (Lipinski definition) is 2. The Morgan fingerprint density at radius 1 is 1.41 bits per heavy atom. The zero-order chi connectivity index (χ0) is 13.1. The normalized spacial score (nSPS) is 13.8. The molecule has 5 heteroatoms. The summed E-state index contributed by atoms with van der Waals surface area (Å²) in [6.45, 7) is 9.84. The van der Waals surface area contributed by atoms with Crippen LogP contribution in [0.1, 0.15) is 39.6 Å². The zero-order valence-corrected chi connectivity index (χ0v) is 11.9. The highest BCUT2D eigenvalue weighted by atomic mass is 32.1. The van der Waals surface area contributed by atoms with Crippen molar-refractivity contribution in [2.75, 3.05) is 0 Å². The quantitative estimate of drug-likeness (QED) is 0.844. The third-order valence-electron chi connectivity index (χ3n) is 2.37. The number of aromatic nitrogens is 1. The first-order valence-electron chi connectivity index (χ1n) is 5.81. The summed E-state index contributed by atoms with van der Waals surface area (Å²) in [5.74, 6) is 0.0182. The van der Waals surface area contributed by atoms with E-state index in [-0.39, 0.29) is 23.5 Å². The fraction of sp³-hybridized carbons (Fsp3) is 0.667. The predicted octanol–water partition coefficient (Wildman–Crippen LogP) is 1.88. The number of hydrogen-bond acceptors (Lipinski definition) is 4. The lowest BCUT2D eigenvalue weighted by Crippen LogP contribution is -2.51. The van der Waals surface area contributed by atoms with Gasteiger partial charge in [0.25, 0.3) is 0 Å². The molecule has 0 radical (unpaired) electrons. The second kappa shape index (κ2) is 5.60. The molecule has 0 bridgehead atoms. The highest BCUT2D eigenvalue weighted by Gasteiger charge is 2.27. The van der Waals surface area contributed by atoms with Crippen molar-refractivity contribution in [1.29, 1.82) is 0 Å². The van der Waals surface area contributed by atoms with Gasteiger partial charge < -0.3 is 5.32 Å².